The molecule has 5 rings (SSSR count). The minimum absolute atomic E-state index is 0.400. The lowest BCUT2D eigenvalue weighted by atomic mass is 9.72. The molecule has 0 amide bonds. The fraction of sp³-hybridized carbons (Fsp3) is 0.250. The summed E-state index contributed by atoms with van der Waals surface area (Å²) in [6.45, 7) is 2.07. The topological polar surface area (TPSA) is 127 Å². The van der Waals surface area contributed by atoms with Crippen LogP contribution >= 0.6 is 0 Å². The lowest BCUT2D eigenvalue weighted by Gasteiger charge is -2.42. The quantitative estimate of drug-likeness (QED) is 0.287. The molecule has 0 fully saturated rings. The predicted molar refractivity (Wildman–Crippen MR) is 159 cm³/mol. The van der Waals surface area contributed by atoms with Crippen molar-refractivity contribution < 1.29 is 18.9 Å². The van der Waals surface area contributed by atoms with Gasteiger partial charge < -0.3 is 35.7 Å². The highest BCUT2D eigenvalue weighted by Gasteiger charge is 2.42. The largest absolute Gasteiger partial charge is 0.497 e. The van der Waals surface area contributed by atoms with Crippen LogP contribution in [-0.4, -0.2) is 38.4 Å². The molecule has 0 aliphatic carbocycles. The molecule has 1 atom stereocenters. The number of pyridine rings is 2. The molecule has 9 heteroatoms. The number of hydrogen-bond acceptors (Lipinski definition) is 9. The average Bonchev–Trinajstić information content (AvgIpc) is 2.99. The fourth-order valence-electron chi connectivity index (χ4n) is 5.64. The lowest BCUT2D eigenvalue weighted by Crippen LogP contribution is -2.57. The maximum absolute atomic E-state index is 6.78. The van der Waals surface area contributed by atoms with Crippen LogP contribution in [0.2, 0.25) is 0 Å². The number of aryl methyl sites for hydroxylation is 1. The molecule has 41 heavy (non-hydrogen) atoms. The summed E-state index contributed by atoms with van der Waals surface area (Å²) in [4.78, 5) is 8.89. The summed E-state index contributed by atoms with van der Waals surface area (Å²) in [5.74, 6) is 3.72. The monoisotopic (exact) mass is 553 g/mol. The van der Waals surface area contributed by atoms with E-state index in [-0.39, 0.29) is 0 Å². The number of fused-ring (bicyclic) bond motifs is 1. The molecule has 5 N–H and O–H groups in total. The third kappa shape index (κ3) is 5.06. The number of aromatic nitrogens is 2. The second-order valence-corrected chi connectivity index (χ2v) is 9.98. The zero-order valence-electron chi connectivity index (χ0n) is 23.9. The summed E-state index contributed by atoms with van der Waals surface area (Å²) in [7, 11) is 6.59. The number of methoxy groups -OCH3 is 4. The number of ether oxygens (including phenoxy) is 4. The van der Waals surface area contributed by atoms with Crippen LogP contribution in [0, 0.1) is 6.92 Å². The molecule has 0 radical (unpaired) electrons. The van der Waals surface area contributed by atoms with Crippen LogP contribution < -0.4 is 46.2 Å². The molecular formula is C32H35N5O4. The van der Waals surface area contributed by atoms with Crippen molar-refractivity contribution in [3.63, 3.8) is 0 Å². The summed E-state index contributed by atoms with van der Waals surface area (Å²) in [5, 5.41) is 5.39. The molecule has 0 saturated carbocycles. The van der Waals surface area contributed by atoms with Crippen LogP contribution in [0.1, 0.15) is 22.3 Å². The minimum Gasteiger partial charge on any atom is -0.497 e. The van der Waals surface area contributed by atoms with Crippen molar-refractivity contribution in [3.05, 3.63) is 99.8 Å². The van der Waals surface area contributed by atoms with Gasteiger partial charge in [-0.2, -0.15) is 0 Å². The summed E-state index contributed by atoms with van der Waals surface area (Å²) in [6, 6.07) is 15.6. The third-order valence-electron chi connectivity index (χ3n) is 7.71. The van der Waals surface area contributed by atoms with Gasteiger partial charge >= 0.3 is 0 Å². The highest BCUT2D eigenvalue weighted by Crippen LogP contribution is 2.42. The van der Waals surface area contributed by atoms with Gasteiger partial charge in [-0.3, -0.25) is 4.98 Å². The van der Waals surface area contributed by atoms with E-state index < -0.39 is 5.54 Å². The lowest BCUT2D eigenvalue weighted by molar-refractivity contribution is 0.383. The molecule has 4 aromatic rings. The van der Waals surface area contributed by atoms with E-state index in [1.807, 2.05) is 54.7 Å². The Hall–Kier alpha value is -4.92. The molecule has 2 aromatic heterocycles. The number of nitrogens with two attached hydrogens (primary N) is 2. The Balaban J connectivity index is 1.85. The van der Waals surface area contributed by atoms with E-state index in [2.05, 4.69) is 22.2 Å². The van der Waals surface area contributed by atoms with E-state index in [4.69, 9.17) is 30.4 Å². The van der Waals surface area contributed by atoms with Crippen LogP contribution in [0.3, 0.4) is 0 Å². The molecule has 0 saturated heterocycles. The maximum Gasteiger partial charge on any atom is 0.126 e. The SMILES string of the molecule is COc1ccc(CC2=c3cc(N)ncc3=C(N)NC2(Cc2ccc(OC)cc2OC)c2cnccc2C)c(OC)c1. The van der Waals surface area contributed by atoms with Gasteiger partial charge in [0.2, 0.25) is 0 Å². The smallest absolute Gasteiger partial charge is 0.126 e. The predicted octanol–water partition coefficient (Wildman–Crippen LogP) is 2.56. The van der Waals surface area contributed by atoms with E-state index in [0.29, 0.717) is 47.5 Å². The number of nitrogens with one attached hydrogen (secondary N) is 1. The van der Waals surface area contributed by atoms with E-state index in [9.17, 15) is 0 Å². The van der Waals surface area contributed by atoms with Gasteiger partial charge in [0, 0.05) is 54.3 Å². The van der Waals surface area contributed by atoms with Gasteiger partial charge in [-0.25, -0.2) is 4.98 Å². The Morgan fingerprint density at radius 1 is 0.780 bits per heavy atom. The van der Waals surface area contributed by atoms with Crippen molar-refractivity contribution >= 4 is 17.2 Å². The Bertz CT molecular complexity index is 1720. The van der Waals surface area contributed by atoms with Crippen molar-refractivity contribution in [1.29, 1.82) is 0 Å². The van der Waals surface area contributed by atoms with Gasteiger partial charge in [0.25, 0.3) is 0 Å². The number of nitrogens with zero attached hydrogens (tertiary/aromatic N) is 2. The van der Waals surface area contributed by atoms with E-state index in [1.54, 1.807) is 40.8 Å². The van der Waals surface area contributed by atoms with Crippen LogP contribution in [-0.2, 0) is 18.4 Å². The summed E-state index contributed by atoms with van der Waals surface area (Å²) in [5.41, 5.74) is 17.2. The first kappa shape index (κ1) is 27.6. The van der Waals surface area contributed by atoms with Gasteiger partial charge in [0.05, 0.1) is 34.0 Å². The molecular weight excluding hydrogens is 518 g/mol. The molecule has 212 valence electrons. The normalized spacial score (nSPS) is 16.0. The van der Waals surface area contributed by atoms with Crippen molar-refractivity contribution in [3.8, 4) is 23.0 Å². The first-order valence-corrected chi connectivity index (χ1v) is 13.2. The minimum atomic E-state index is -0.837. The third-order valence-corrected chi connectivity index (χ3v) is 7.71. The number of hydrogen-bond donors (Lipinski definition) is 3. The van der Waals surface area contributed by atoms with Gasteiger partial charge in [0.1, 0.15) is 34.6 Å². The Morgan fingerprint density at radius 3 is 2.07 bits per heavy atom. The maximum atomic E-state index is 6.78. The number of rotatable bonds is 9. The van der Waals surface area contributed by atoms with Gasteiger partial charge in [-0.1, -0.05) is 12.1 Å². The Morgan fingerprint density at radius 2 is 1.44 bits per heavy atom. The van der Waals surface area contributed by atoms with Crippen LogP contribution in [0.5, 0.6) is 23.0 Å². The highest BCUT2D eigenvalue weighted by molar-refractivity contribution is 5.72. The van der Waals surface area contributed by atoms with Crippen LogP contribution in [0.25, 0.3) is 11.4 Å². The molecule has 1 unspecified atom stereocenters. The molecule has 2 aromatic carbocycles. The zero-order chi connectivity index (χ0) is 29.1. The summed E-state index contributed by atoms with van der Waals surface area (Å²) < 4.78 is 22.6. The van der Waals surface area contributed by atoms with Crippen molar-refractivity contribution in [2.24, 2.45) is 5.73 Å². The molecule has 0 spiro atoms. The van der Waals surface area contributed by atoms with Gasteiger partial charge in [0.15, 0.2) is 0 Å². The number of anilines is 1. The fourth-order valence-corrected chi connectivity index (χ4v) is 5.64. The summed E-state index contributed by atoms with van der Waals surface area (Å²) >= 11 is 0. The van der Waals surface area contributed by atoms with E-state index >= 15 is 0 Å². The molecule has 1 aliphatic heterocycles. The van der Waals surface area contributed by atoms with Crippen molar-refractivity contribution in [1.82, 2.24) is 15.3 Å². The molecule has 3 heterocycles. The van der Waals surface area contributed by atoms with Crippen molar-refractivity contribution in [2.75, 3.05) is 34.2 Å². The standard InChI is InChI=1S/C32H35N5O4/c1-19-10-11-35-18-27(19)32(16-21-7-9-23(39-3)14-29(21)41-5)26(12-20-6-8-22(38-2)13-28(20)40-4)24-15-30(33)36-17-25(24)31(34)37-32/h6-11,13-15,17-18,37H,12,16,33-34H2,1-5H3. The van der Waals surface area contributed by atoms with Gasteiger partial charge in [-0.15, -0.1) is 0 Å². The zero-order valence-corrected chi connectivity index (χ0v) is 23.9. The molecule has 0 bridgehead atoms. The second kappa shape index (κ2) is 11.3. The average molecular weight is 554 g/mol. The van der Waals surface area contributed by atoms with Crippen molar-refractivity contribution in [2.45, 2.75) is 25.3 Å². The first-order chi connectivity index (χ1) is 19.8. The van der Waals surface area contributed by atoms with Crippen LogP contribution in [0.4, 0.5) is 5.82 Å². The van der Waals surface area contributed by atoms with Crippen LogP contribution in [0.15, 0.2) is 67.1 Å². The molecule has 9 nitrogen and oxygen atoms in total. The first-order valence-electron chi connectivity index (χ1n) is 13.2. The number of benzene rings is 2. The summed E-state index contributed by atoms with van der Waals surface area (Å²) in [6.07, 6.45) is 6.40. The molecule has 1 aliphatic rings. The Labute approximate surface area is 239 Å². The van der Waals surface area contributed by atoms with E-state index in [0.717, 1.165) is 38.3 Å². The van der Waals surface area contributed by atoms with Gasteiger partial charge in [-0.05, 0) is 58.7 Å². The van der Waals surface area contributed by atoms with E-state index in [1.165, 1.54) is 0 Å². The second-order valence-electron chi connectivity index (χ2n) is 9.98. The Kier molecular flexibility index (Phi) is 7.61. The number of nitrogen functional groups attached to an aromatic ring is 1. The highest BCUT2D eigenvalue weighted by atomic mass is 16.5.